The number of hydrogen-bond acceptors (Lipinski definition) is 7. The summed E-state index contributed by atoms with van der Waals surface area (Å²) in [5.41, 5.74) is 8.76. The summed E-state index contributed by atoms with van der Waals surface area (Å²) in [5, 5.41) is 0.646. The van der Waals surface area contributed by atoms with E-state index >= 15 is 0 Å². The molecule has 0 atom stereocenters. The van der Waals surface area contributed by atoms with Crippen LogP contribution in [-0.4, -0.2) is 29.2 Å². The van der Waals surface area contributed by atoms with Crippen LogP contribution >= 0.6 is 0 Å². The minimum absolute atomic E-state index is 0.345. The number of anilines is 1. The highest BCUT2D eigenvalue weighted by molar-refractivity contribution is 6.00. The second kappa shape index (κ2) is 6.36. The van der Waals surface area contributed by atoms with E-state index in [9.17, 15) is 0 Å². The molecule has 3 aromatic heterocycles. The number of benzene rings is 1. The first kappa shape index (κ1) is 15.9. The molecule has 0 saturated heterocycles. The fourth-order valence-electron chi connectivity index (χ4n) is 2.87. The van der Waals surface area contributed by atoms with Gasteiger partial charge in [-0.3, -0.25) is 0 Å². The summed E-state index contributed by atoms with van der Waals surface area (Å²) in [6, 6.07) is 11.1. The number of nitrogen functional groups attached to an aromatic ring is 1. The number of hydrogen-bond donors (Lipinski definition) is 1. The highest BCUT2D eigenvalue weighted by Gasteiger charge is 2.17. The van der Waals surface area contributed by atoms with E-state index in [1.807, 2.05) is 36.4 Å². The van der Waals surface area contributed by atoms with Gasteiger partial charge in [-0.15, -0.1) is 0 Å². The Balaban J connectivity index is 2.04. The molecule has 26 heavy (non-hydrogen) atoms. The normalized spacial score (nSPS) is 10.8. The van der Waals surface area contributed by atoms with Gasteiger partial charge in [0.25, 0.3) is 0 Å². The fourth-order valence-corrected chi connectivity index (χ4v) is 2.87. The third-order valence-electron chi connectivity index (χ3n) is 4.10. The average molecular weight is 348 g/mol. The molecule has 0 aliphatic heterocycles. The highest BCUT2D eigenvalue weighted by Crippen LogP contribution is 2.37. The van der Waals surface area contributed by atoms with Gasteiger partial charge < -0.3 is 19.6 Å². The van der Waals surface area contributed by atoms with Crippen LogP contribution in [0.15, 0.2) is 53.4 Å². The summed E-state index contributed by atoms with van der Waals surface area (Å²) in [6.45, 7) is 0. The minimum Gasteiger partial charge on any atom is -0.497 e. The molecule has 3 heterocycles. The molecule has 0 amide bonds. The number of ether oxygens (including phenoxy) is 2. The summed E-state index contributed by atoms with van der Waals surface area (Å²) in [5.74, 6) is 2.37. The summed E-state index contributed by atoms with van der Waals surface area (Å²) in [7, 11) is 3.22. The first-order chi connectivity index (χ1) is 12.7. The van der Waals surface area contributed by atoms with Gasteiger partial charge in [-0.25, -0.2) is 15.0 Å². The molecule has 130 valence electrons. The molecule has 1 aromatic carbocycles. The number of furan rings is 1. The molecule has 0 fully saturated rings. The van der Waals surface area contributed by atoms with Crippen LogP contribution < -0.4 is 15.2 Å². The van der Waals surface area contributed by atoms with Crippen molar-refractivity contribution >= 4 is 16.9 Å². The second-order valence-electron chi connectivity index (χ2n) is 5.56. The Bertz CT molecular complexity index is 1080. The van der Waals surface area contributed by atoms with E-state index < -0.39 is 0 Å². The van der Waals surface area contributed by atoms with Crippen LogP contribution in [-0.2, 0) is 0 Å². The molecular formula is C19H16N4O3. The van der Waals surface area contributed by atoms with Gasteiger partial charge in [0.15, 0.2) is 5.65 Å². The molecule has 4 aromatic rings. The summed E-state index contributed by atoms with van der Waals surface area (Å²) in [4.78, 5) is 13.0. The maximum absolute atomic E-state index is 6.08. The Morgan fingerprint density at radius 2 is 1.88 bits per heavy atom. The monoisotopic (exact) mass is 348 g/mol. The largest absolute Gasteiger partial charge is 0.497 e. The number of pyridine rings is 1. The lowest BCUT2D eigenvalue weighted by molar-refractivity contribution is 0.404. The molecule has 0 aliphatic rings. The molecule has 0 bridgehead atoms. The van der Waals surface area contributed by atoms with Crippen molar-refractivity contribution in [2.75, 3.05) is 20.0 Å². The zero-order valence-corrected chi connectivity index (χ0v) is 14.3. The maximum Gasteiger partial charge on any atom is 0.165 e. The van der Waals surface area contributed by atoms with E-state index in [1.165, 1.54) is 6.33 Å². The van der Waals surface area contributed by atoms with Crippen molar-refractivity contribution in [3.8, 4) is 34.1 Å². The van der Waals surface area contributed by atoms with E-state index in [-0.39, 0.29) is 0 Å². The quantitative estimate of drug-likeness (QED) is 0.602. The standard InChI is InChI=1S/C19H16N4O3/c1-24-11-5-6-15(25-2)12(8-11)14-9-13(16-4-3-7-26-16)17-18(20)21-10-22-19(17)23-14/h3-10H,1-2H3,(H2,20,21,22,23). The molecule has 4 rings (SSSR count). The van der Waals surface area contributed by atoms with Crippen LogP contribution in [0.25, 0.3) is 33.6 Å². The van der Waals surface area contributed by atoms with Crippen molar-refractivity contribution in [3.63, 3.8) is 0 Å². The smallest absolute Gasteiger partial charge is 0.165 e. The second-order valence-corrected chi connectivity index (χ2v) is 5.56. The van der Waals surface area contributed by atoms with Crippen molar-refractivity contribution in [1.82, 2.24) is 15.0 Å². The number of rotatable bonds is 4. The lowest BCUT2D eigenvalue weighted by Crippen LogP contribution is -1.99. The zero-order chi connectivity index (χ0) is 18.1. The number of nitrogens with two attached hydrogens (primary N) is 1. The van der Waals surface area contributed by atoms with Crippen LogP contribution in [0.5, 0.6) is 11.5 Å². The van der Waals surface area contributed by atoms with Crippen LogP contribution in [0.3, 0.4) is 0 Å². The predicted molar refractivity (Wildman–Crippen MR) is 98.0 cm³/mol. The third kappa shape index (κ3) is 2.59. The van der Waals surface area contributed by atoms with Gasteiger partial charge >= 0.3 is 0 Å². The van der Waals surface area contributed by atoms with Gasteiger partial charge in [0.05, 0.1) is 31.6 Å². The van der Waals surface area contributed by atoms with Gasteiger partial charge in [0.2, 0.25) is 0 Å². The van der Waals surface area contributed by atoms with Gasteiger partial charge in [-0.05, 0) is 36.4 Å². The SMILES string of the molecule is COc1ccc(OC)c(-c2cc(-c3ccco3)c3c(N)ncnc3n2)c1. The molecule has 0 radical (unpaired) electrons. The zero-order valence-electron chi connectivity index (χ0n) is 14.3. The Morgan fingerprint density at radius 3 is 2.62 bits per heavy atom. The number of fused-ring (bicyclic) bond motifs is 1. The van der Waals surface area contributed by atoms with Gasteiger partial charge in [-0.2, -0.15) is 0 Å². The predicted octanol–water partition coefficient (Wildman–Crippen LogP) is 3.55. The molecule has 7 heteroatoms. The summed E-state index contributed by atoms with van der Waals surface area (Å²) in [6.07, 6.45) is 3.00. The Morgan fingerprint density at radius 1 is 1.00 bits per heavy atom. The van der Waals surface area contributed by atoms with Crippen molar-refractivity contribution in [1.29, 1.82) is 0 Å². The van der Waals surface area contributed by atoms with Crippen LogP contribution in [0, 0.1) is 0 Å². The lowest BCUT2D eigenvalue weighted by Gasteiger charge is -2.12. The number of aromatic nitrogens is 3. The molecule has 2 N–H and O–H groups in total. The van der Waals surface area contributed by atoms with Crippen LogP contribution in [0.2, 0.25) is 0 Å². The Labute approximate surface area is 149 Å². The average Bonchev–Trinajstić information content (AvgIpc) is 3.21. The Hall–Kier alpha value is -3.61. The highest BCUT2D eigenvalue weighted by atomic mass is 16.5. The van der Waals surface area contributed by atoms with Crippen LogP contribution in [0.1, 0.15) is 0 Å². The lowest BCUT2D eigenvalue weighted by atomic mass is 10.0. The molecule has 0 aliphatic carbocycles. The van der Waals surface area contributed by atoms with E-state index in [2.05, 4.69) is 15.0 Å². The van der Waals surface area contributed by atoms with Crippen LogP contribution in [0.4, 0.5) is 5.82 Å². The van der Waals surface area contributed by atoms with Crippen molar-refractivity contribution < 1.29 is 13.9 Å². The molecule has 0 spiro atoms. The number of methoxy groups -OCH3 is 2. The van der Waals surface area contributed by atoms with E-state index in [1.54, 1.807) is 20.5 Å². The molecule has 0 saturated carbocycles. The fraction of sp³-hybridized carbons (Fsp3) is 0.105. The Kier molecular flexibility index (Phi) is 3.89. The topological polar surface area (TPSA) is 96.3 Å². The maximum atomic E-state index is 6.08. The van der Waals surface area contributed by atoms with E-state index in [4.69, 9.17) is 19.6 Å². The van der Waals surface area contributed by atoms with Gasteiger partial charge in [0.1, 0.15) is 29.4 Å². The van der Waals surface area contributed by atoms with Gasteiger partial charge in [0, 0.05) is 11.1 Å². The molecular weight excluding hydrogens is 332 g/mol. The minimum atomic E-state index is 0.345. The van der Waals surface area contributed by atoms with Crippen molar-refractivity contribution in [3.05, 3.63) is 49.0 Å². The molecule has 0 unspecified atom stereocenters. The van der Waals surface area contributed by atoms with Crippen molar-refractivity contribution in [2.24, 2.45) is 0 Å². The molecule has 7 nitrogen and oxygen atoms in total. The summed E-state index contributed by atoms with van der Waals surface area (Å²) < 4.78 is 16.4. The number of nitrogens with zero attached hydrogens (tertiary/aromatic N) is 3. The first-order valence-electron chi connectivity index (χ1n) is 7.88. The third-order valence-corrected chi connectivity index (χ3v) is 4.10. The van der Waals surface area contributed by atoms with Gasteiger partial charge in [-0.1, -0.05) is 0 Å². The summed E-state index contributed by atoms with van der Waals surface area (Å²) >= 11 is 0. The van der Waals surface area contributed by atoms with Crippen molar-refractivity contribution in [2.45, 2.75) is 0 Å². The first-order valence-corrected chi connectivity index (χ1v) is 7.88. The van der Waals surface area contributed by atoms with E-state index in [0.29, 0.717) is 39.8 Å². The van der Waals surface area contributed by atoms with E-state index in [0.717, 1.165) is 11.1 Å².